The number of β-amino-alcohol motifs (C(OH)–C–C–N with tert-alkyl or cyclic N) is 1. The molecule has 0 saturated carbocycles. The molecule has 0 radical (unpaired) electrons. The number of ether oxygens (including phenoxy) is 1. The largest absolute Gasteiger partial charge is 0.497 e. The summed E-state index contributed by atoms with van der Waals surface area (Å²) in [4.78, 5) is 2.30. The first-order valence-corrected chi connectivity index (χ1v) is 6.47. The fraction of sp³-hybridized carbons (Fsp3) is 0.571. The van der Waals surface area contributed by atoms with Crippen LogP contribution in [0.5, 0.6) is 5.75 Å². The van der Waals surface area contributed by atoms with E-state index in [-0.39, 0.29) is 6.10 Å². The molecule has 1 heterocycles. The Kier molecular flexibility index (Phi) is 4.58. The summed E-state index contributed by atoms with van der Waals surface area (Å²) in [5, 5.41) is 13.0. The number of hydrogen-bond donors (Lipinski definition) is 2. The molecule has 0 spiro atoms. The van der Waals surface area contributed by atoms with Crippen LogP contribution in [-0.4, -0.2) is 49.4 Å². The first-order chi connectivity index (χ1) is 8.69. The topological polar surface area (TPSA) is 44.7 Å². The zero-order chi connectivity index (χ0) is 13.0. The van der Waals surface area contributed by atoms with E-state index in [9.17, 15) is 5.11 Å². The van der Waals surface area contributed by atoms with Crippen LogP contribution >= 0.6 is 0 Å². The van der Waals surface area contributed by atoms with E-state index in [1.54, 1.807) is 7.11 Å². The van der Waals surface area contributed by atoms with Gasteiger partial charge in [-0.15, -0.1) is 0 Å². The lowest BCUT2D eigenvalue weighted by atomic mass is 10.0. The normalized spacial score (nSPS) is 22.7. The highest BCUT2D eigenvalue weighted by molar-refractivity contribution is 5.29. The average molecular weight is 250 g/mol. The number of aliphatic hydroxyl groups excluding tert-OH is 1. The van der Waals surface area contributed by atoms with Crippen molar-refractivity contribution in [2.24, 2.45) is 0 Å². The molecule has 0 aliphatic carbocycles. The first kappa shape index (κ1) is 13.3. The van der Waals surface area contributed by atoms with Crippen LogP contribution in [-0.2, 0) is 0 Å². The minimum Gasteiger partial charge on any atom is -0.497 e. The SMILES string of the molecule is COc1ccc(C2CN(CC(C)O)CCN2)cc1. The van der Waals surface area contributed by atoms with Crippen molar-refractivity contribution in [2.75, 3.05) is 33.3 Å². The van der Waals surface area contributed by atoms with Gasteiger partial charge >= 0.3 is 0 Å². The zero-order valence-corrected chi connectivity index (χ0v) is 11.1. The second-order valence-electron chi connectivity index (χ2n) is 4.89. The minimum atomic E-state index is -0.264. The maximum atomic E-state index is 9.45. The van der Waals surface area contributed by atoms with Gasteiger partial charge in [-0.3, -0.25) is 4.90 Å². The van der Waals surface area contributed by atoms with Gasteiger partial charge in [0.05, 0.1) is 13.2 Å². The van der Waals surface area contributed by atoms with E-state index in [0.29, 0.717) is 6.04 Å². The highest BCUT2D eigenvalue weighted by Gasteiger charge is 2.21. The second-order valence-corrected chi connectivity index (χ2v) is 4.89. The molecule has 1 aliphatic heterocycles. The molecule has 4 heteroatoms. The standard InChI is InChI=1S/C14H22N2O2/c1-11(17)9-16-8-7-15-14(10-16)12-3-5-13(18-2)6-4-12/h3-6,11,14-15,17H,7-10H2,1-2H3. The quantitative estimate of drug-likeness (QED) is 0.837. The molecule has 0 amide bonds. The molecule has 2 atom stereocenters. The van der Waals surface area contributed by atoms with E-state index in [1.165, 1.54) is 5.56 Å². The maximum absolute atomic E-state index is 9.45. The van der Waals surface area contributed by atoms with Gasteiger partial charge in [0.1, 0.15) is 5.75 Å². The molecule has 100 valence electrons. The Balaban J connectivity index is 1.98. The van der Waals surface area contributed by atoms with E-state index in [1.807, 2.05) is 19.1 Å². The Bertz CT molecular complexity index is 365. The summed E-state index contributed by atoms with van der Waals surface area (Å²) in [6.45, 7) is 5.48. The molecular formula is C14H22N2O2. The van der Waals surface area contributed by atoms with Crippen molar-refractivity contribution in [2.45, 2.75) is 19.1 Å². The number of methoxy groups -OCH3 is 1. The summed E-state index contributed by atoms with van der Waals surface area (Å²) in [6.07, 6.45) is -0.264. The summed E-state index contributed by atoms with van der Waals surface area (Å²) in [6, 6.07) is 8.52. The number of nitrogens with zero attached hydrogens (tertiary/aromatic N) is 1. The molecule has 18 heavy (non-hydrogen) atoms. The predicted molar refractivity (Wildman–Crippen MR) is 71.9 cm³/mol. The molecule has 1 fully saturated rings. The van der Waals surface area contributed by atoms with Gasteiger partial charge in [-0.1, -0.05) is 12.1 Å². The van der Waals surface area contributed by atoms with E-state index in [4.69, 9.17) is 4.74 Å². The Morgan fingerprint density at radius 1 is 1.44 bits per heavy atom. The smallest absolute Gasteiger partial charge is 0.118 e. The number of benzene rings is 1. The average Bonchev–Trinajstić information content (AvgIpc) is 2.38. The van der Waals surface area contributed by atoms with Crippen LogP contribution in [0.25, 0.3) is 0 Å². The molecule has 1 aromatic rings. The number of hydrogen-bond acceptors (Lipinski definition) is 4. The molecule has 1 aliphatic rings. The van der Waals surface area contributed by atoms with Gasteiger partial charge in [-0.2, -0.15) is 0 Å². The lowest BCUT2D eigenvalue weighted by Gasteiger charge is -2.34. The van der Waals surface area contributed by atoms with Crippen molar-refractivity contribution in [3.63, 3.8) is 0 Å². The Labute approximate surface area is 109 Å². The zero-order valence-electron chi connectivity index (χ0n) is 11.1. The van der Waals surface area contributed by atoms with Crippen LogP contribution in [0.1, 0.15) is 18.5 Å². The summed E-state index contributed by atoms with van der Waals surface area (Å²) in [5.74, 6) is 0.885. The molecule has 2 rings (SSSR count). The highest BCUT2D eigenvalue weighted by Crippen LogP contribution is 2.20. The number of aliphatic hydroxyl groups is 1. The molecule has 0 aromatic heterocycles. The number of nitrogens with one attached hydrogen (secondary N) is 1. The highest BCUT2D eigenvalue weighted by atomic mass is 16.5. The molecule has 2 unspecified atom stereocenters. The van der Waals surface area contributed by atoms with Gasteiger partial charge in [0.25, 0.3) is 0 Å². The lowest BCUT2D eigenvalue weighted by Crippen LogP contribution is -2.47. The first-order valence-electron chi connectivity index (χ1n) is 6.47. The Morgan fingerprint density at radius 2 is 2.17 bits per heavy atom. The van der Waals surface area contributed by atoms with Crippen molar-refractivity contribution in [3.8, 4) is 5.75 Å². The molecule has 4 nitrogen and oxygen atoms in total. The van der Waals surface area contributed by atoms with E-state index >= 15 is 0 Å². The van der Waals surface area contributed by atoms with Crippen LogP contribution in [0.4, 0.5) is 0 Å². The van der Waals surface area contributed by atoms with Crippen molar-refractivity contribution in [3.05, 3.63) is 29.8 Å². The third-order valence-corrected chi connectivity index (χ3v) is 3.30. The number of rotatable bonds is 4. The second kappa shape index (κ2) is 6.18. The van der Waals surface area contributed by atoms with E-state index in [0.717, 1.165) is 31.9 Å². The lowest BCUT2D eigenvalue weighted by molar-refractivity contribution is 0.105. The van der Waals surface area contributed by atoms with Gasteiger partial charge < -0.3 is 15.2 Å². The summed E-state index contributed by atoms with van der Waals surface area (Å²) >= 11 is 0. The predicted octanol–water partition coefficient (Wildman–Crippen LogP) is 1.02. The Morgan fingerprint density at radius 3 is 2.78 bits per heavy atom. The van der Waals surface area contributed by atoms with Crippen molar-refractivity contribution in [1.29, 1.82) is 0 Å². The summed E-state index contributed by atoms with van der Waals surface area (Å²) < 4.78 is 5.17. The molecule has 1 aromatic carbocycles. The Hall–Kier alpha value is -1.10. The molecule has 2 N–H and O–H groups in total. The fourth-order valence-corrected chi connectivity index (χ4v) is 2.41. The van der Waals surface area contributed by atoms with Gasteiger partial charge in [-0.25, -0.2) is 0 Å². The van der Waals surface area contributed by atoms with Crippen molar-refractivity contribution >= 4 is 0 Å². The van der Waals surface area contributed by atoms with Crippen molar-refractivity contribution < 1.29 is 9.84 Å². The molecule has 1 saturated heterocycles. The third-order valence-electron chi connectivity index (χ3n) is 3.30. The van der Waals surface area contributed by atoms with Crippen LogP contribution in [0, 0.1) is 0 Å². The van der Waals surface area contributed by atoms with E-state index in [2.05, 4.69) is 22.3 Å². The minimum absolute atomic E-state index is 0.264. The van der Waals surface area contributed by atoms with Crippen LogP contribution in [0.2, 0.25) is 0 Å². The van der Waals surface area contributed by atoms with Crippen LogP contribution < -0.4 is 10.1 Å². The van der Waals surface area contributed by atoms with Crippen LogP contribution in [0.15, 0.2) is 24.3 Å². The van der Waals surface area contributed by atoms with Crippen LogP contribution in [0.3, 0.4) is 0 Å². The fourth-order valence-electron chi connectivity index (χ4n) is 2.41. The van der Waals surface area contributed by atoms with Gasteiger partial charge in [-0.05, 0) is 24.6 Å². The monoisotopic (exact) mass is 250 g/mol. The van der Waals surface area contributed by atoms with E-state index < -0.39 is 0 Å². The number of piperazine rings is 1. The van der Waals surface area contributed by atoms with Crippen molar-refractivity contribution in [1.82, 2.24) is 10.2 Å². The van der Waals surface area contributed by atoms with Gasteiger partial charge in [0, 0.05) is 32.2 Å². The van der Waals surface area contributed by atoms with Gasteiger partial charge in [0.2, 0.25) is 0 Å². The summed E-state index contributed by atoms with van der Waals surface area (Å²) in [5.41, 5.74) is 1.27. The molecule has 0 bridgehead atoms. The molecular weight excluding hydrogens is 228 g/mol. The maximum Gasteiger partial charge on any atom is 0.118 e. The summed E-state index contributed by atoms with van der Waals surface area (Å²) in [7, 11) is 1.68. The van der Waals surface area contributed by atoms with Gasteiger partial charge in [0.15, 0.2) is 0 Å². The third kappa shape index (κ3) is 3.45.